The van der Waals surface area contributed by atoms with Gasteiger partial charge in [-0.1, -0.05) is 30.3 Å². The first-order valence-electron chi connectivity index (χ1n) is 7.45. The zero-order chi connectivity index (χ0) is 14.7. The van der Waals surface area contributed by atoms with Gasteiger partial charge in [0.2, 0.25) is 0 Å². The van der Waals surface area contributed by atoms with E-state index in [1.807, 2.05) is 19.9 Å². The number of nitrogens with zero attached hydrogens (tertiary/aromatic N) is 2. The summed E-state index contributed by atoms with van der Waals surface area (Å²) in [6, 6.07) is 10.8. The lowest BCUT2D eigenvalue weighted by Crippen LogP contribution is -2.30. The standard InChI is InChI=1S/C17H21N3O/c1-12-11-18-13(2)17(19-12)20-15-8-9-21-16(10-15)14-6-4-3-5-7-14/h3-7,11,15-16H,8-10H2,1-2H3,(H,19,20). The molecule has 4 nitrogen and oxygen atoms in total. The molecule has 4 heteroatoms. The van der Waals surface area contributed by atoms with Gasteiger partial charge < -0.3 is 10.1 Å². The maximum absolute atomic E-state index is 5.91. The Hall–Kier alpha value is -1.94. The second-order valence-electron chi connectivity index (χ2n) is 5.58. The van der Waals surface area contributed by atoms with Crippen LogP contribution >= 0.6 is 0 Å². The molecule has 1 aliphatic rings. The fraction of sp³-hybridized carbons (Fsp3) is 0.412. The molecule has 0 radical (unpaired) electrons. The van der Waals surface area contributed by atoms with Crippen molar-refractivity contribution in [1.29, 1.82) is 0 Å². The SMILES string of the molecule is Cc1cnc(C)c(NC2CCOC(c3ccccc3)C2)n1. The van der Waals surface area contributed by atoms with Gasteiger partial charge in [0.1, 0.15) is 5.82 Å². The van der Waals surface area contributed by atoms with Gasteiger partial charge in [0.25, 0.3) is 0 Å². The van der Waals surface area contributed by atoms with Crippen LogP contribution in [0.1, 0.15) is 35.9 Å². The summed E-state index contributed by atoms with van der Waals surface area (Å²) >= 11 is 0. The minimum absolute atomic E-state index is 0.163. The average molecular weight is 283 g/mol. The smallest absolute Gasteiger partial charge is 0.147 e. The molecule has 0 saturated carbocycles. The lowest BCUT2D eigenvalue weighted by atomic mass is 9.97. The molecule has 2 heterocycles. The molecule has 0 amide bonds. The Morgan fingerprint density at radius 1 is 1.19 bits per heavy atom. The highest BCUT2D eigenvalue weighted by Crippen LogP contribution is 2.29. The predicted octanol–water partition coefficient (Wildman–Crippen LogP) is 3.43. The lowest BCUT2D eigenvalue weighted by Gasteiger charge is -2.31. The number of benzene rings is 1. The van der Waals surface area contributed by atoms with Crippen molar-refractivity contribution in [2.24, 2.45) is 0 Å². The lowest BCUT2D eigenvalue weighted by molar-refractivity contribution is 0.00973. The fourth-order valence-corrected chi connectivity index (χ4v) is 2.70. The third kappa shape index (κ3) is 3.39. The molecule has 0 bridgehead atoms. The monoisotopic (exact) mass is 283 g/mol. The number of hydrogen-bond donors (Lipinski definition) is 1. The van der Waals surface area contributed by atoms with Crippen LogP contribution in [0.15, 0.2) is 36.5 Å². The summed E-state index contributed by atoms with van der Waals surface area (Å²) in [6.45, 7) is 4.73. The van der Waals surface area contributed by atoms with E-state index in [1.54, 1.807) is 6.20 Å². The molecule has 2 unspecified atom stereocenters. The van der Waals surface area contributed by atoms with Crippen molar-refractivity contribution in [3.05, 3.63) is 53.5 Å². The van der Waals surface area contributed by atoms with E-state index in [9.17, 15) is 0 Å². The van der Waals surface area contributed by atoms with Crippen molar-refractivity contribution in [3.8, 4) is 0 Å². The van der Waals surface area contributed by atoms with E-state index in [0.29, 0.717) is 6.04 Å². The van der Waals surface area contributed by atoms with Crippen molar-refractivity contribution in [3.63, 3.8) is 0 Å². The molecule has 1 aromatic heterocycles. The minimum atomic E-state index is 0.163. The van der Waals surface area contributed by atoms with Gasteiger partial charge in [-0.2, -0.15) is 0 Å². The van der Waals surface area contributed by atoms with Gasteiger partial charge >= 0.3 is 0 Å². The summed E-state index contributed by atoms with van der Waals surface area (Å²) in [5.41, 5.74) is 3.13. The van der Waals surface area contributed by atoms with Gasteiger partial charge in [-0.25, -0.2) is 4.98 Å². The highest BCUT2D eigenvalue weighted by Gasteiger charge is 2.24. The molecular weight excluding hydrogens is 262 g/mol. The second-order valence-corrected chi connectivity index (χ2v) is 5.58. The number of hydrogen-bond acceptors (Lipinski definition) is 4. The van der Waals surface area contributed by atoms with E-state index in [4.69, 9.17) is 4.74 Å². The van der Waals surface area contributed by atoms with E-state index in [2.05, 4.69) is 39.6 Å². The quantitative estimate of drug-likeness (QED) is 0.937. The predicted molar refractivity (Wildman–Crippen MR) is 83.3 cm³/mol. The van der Waals surface area contributed by atoms with E-state index in [-0.39, 0.29) is 6.10 Å². The molecule has 21 heavy (non-hydrogen) atoms. The van der Waals surface area contributed by atoms with E-state index < -0.39 is 0 Å². The van der Waals surface area contributed by atoms with Crippen molar-refractivity contribution < 1.29 is 4.74 Å². The van der Waals surface area contributed by atoms with Crippen LogP contribution in [0.5, 0.6) is 0 Å². The number of anilines is 1. The van der Waals surface area contributed by atoms with Crippen molar-refractivity contribution in [1.82, 2.24) is 9.97 Å². The van der Waals surface area contributed by atoms with Gasteiger partial charge in [0, 0.05) is 18.8 Å². The molecule has 1 saturated heterocycles. The molecule has 0 spiro atoms. The topological polar surface area (TPSA) is 47.0 Å². The maximum Gasteiger partial charge on any atom is 0.147 e. The number of rotatable bonds is 3. The summed E-state index contributed by atoms with van der Waals surface area (Å²) in [4.78, 5) is 8.92. The van der Waals surface area contributed by atoms with Crippen LogP contribution in [0.2, 0.25) is 0 Å². The summed E-state index contributed by atoms with van der Waals surface area (Å²) in [6.07, 6.45) is 3.92. The zero-order valence-electron chi connectivity index (χ0n) is 12.5. The Bertz CT molecular complexity index is 600. The Kier molecular flexibility index (Phi) is 4.15. The molecule has 1 aliphatic heterocycles. The second kappa shape index (κ2) is 6.22. The summed E-state index contributed by atoms with van der Waals surface area (Å²) in [7, 11) is 0. The van der Waals surface area contributed by atoms with Gasteiger partial charge in [0.15, 0.2) is 0 Å². The van der Waals surface area contributed by atoms with Crippen LogP contribution in [0.3, 0.4) is 0 Å². The molecule has 3 rings (SSSR count). The Balaban J connectivity index is 1.70. The number of ether oxygens (including phenoxy) is 1. The molecule has 2 aromatic rings. The molecular formula is C17H21N3O. The first-order valence-corrected chi connectivity index (χ1v) is 7.45. The first kappa shape index (κ1) is 14.0. The normalized spacial score (nSPS) is 22.0. The molecule has 2 atom stereocenters. The molecule has 1 fully saturated rings. The third-order valence-corrected chi connectivity index (χ3v) is 3.87. The van der Waals surface area contributed by atoms with Crippen LogP contribution in [-0.2, 0) is 4.74 Å². The number of nitrogens with one attached hydrogen (secondary N) is 1. The molecule has 1 aromatic carbocycles. The number of aromatic nitrogens is 2. The van der Waals surface area contributed by atoms with Crippen LogP contribution in [0.25, 0.3) is 0 Å². The maximum atomic E-state index is 5.91. The fourth-order valence-electron chi connectivity index (χ4n) is 2.70. The Morgan fingerprint density at radius 2 is 2.00 bits per heavy atom. The highest BCUT2D eigenvalue weighted by molar-refractivity contribution is 5.40. The van der Waals surface area contributed by atoms with E-state index >= 15 is 0 Å². The molecule has 110 valence electrons. The summed E-state index contributed by atoms with van der Waals surface area (Å²) < 4.78 is 5.91. The minimum Gasteiger partial charge on any atom is -0.373 e. The molecule has 0 aliphatic carbocycles. The largest absolute Gasteiger partial charge is 0.373 e. The van der Waals surface area contributed by atoms with Gasteiger partial charge in [-0.3, -0.25) is 4.98 Å². The number of aryl methyl sites for hydroxylation is 2. The Morgan fingerprint density at radius 3 is 2.81 bits per heavy atom. The average Bonchev–Trinajstić information content (AvgIpc) is 2.52. The van der Waals surface area contributed by atoms with Gasteiger partial charge in [-0.05, 0) is 32.3 Å². The van der Waals surface area contributed by atoms with Crippen molar-refractivity contribution in [2.75, 3.05) is 11.9 Å². The van der Waals surface area contributed by atoms with Crippen LogP contribution in [0.4, 0.5) is 5.82 Å². The molecule has 1 N–H and O–H groups in total. The van der Waals surface area contributed by atoms with Crippen LogP contribution in [-0.4, -0.2) is 22.6 Å². The van der Waals surface area contributed by atoms with Crippen molar-refractivity contribution >= 4 is 5.82 Å². The summed E-state index contributed by atoms with van der Waals surface area (Å²) in [5.74, 6) is 0.897. The van der Waals surface area contributed by atoms with Gasteiger partial charge in [0.05, 0.1) is 17.5 Å². The van der Waals surface area contributed by atoms with E-state index in [1.165, 1.54) is 5.56 Å². The highest BCUT2D eigenvalue weighted by atomic mass is 16.5. The van der Waals surface area contributed by atoms with Gasteiger partial charge in [-0.15, -0.1) is 0 Å². The van der Waals surface area contributed by atoms with Crippen molar-refractivity contribution in [2.45, 2.75) is 38.8 Å². The van der Waals surface area contributed by atoms with Crippen LogP contribution < -0.4 is 5.32 Å². The Labute approximate surface area is 125 Å². The third-order valence-electron chi connectivity index (χ3n) is 3.87. The van der Waals surface area contributed by atoms with E-state index in [0.717, 1.165) is 36.7 Å². The first-order chi connectivity index (χ1) is 10.2. The zero-order valence-corrected chi connectivity index (χ0v) is 12.5. The summed E-state index contributed by atoms with van der Waals surface area (Å²) in [5, 5.41) is 3.54. The van der Waals surface area contributed by atoms with Crippen LogP contribution in [0, 0.1) is 13.8 Å².